The van der Waals surface area contributed by atoms with Gasteiger partial charge < -0.3 is 0 Å². The molecule has 3 heteroatoms. The fraction of sp³-hybridized carbons (Fsp3) is 0.714. The van der Waals surface area contributed by atoms with Crippen LogP contribution in [-0.2, 0) is 9.78 Å². The van der Waals surface area contributed by atoms with Crippen LogP contribution in [0.25, 0.3) is 0 Å². The molecular weight excluding hydrogens is 243 g/mol. The molecule has 0 unspecified atom stereocenters. The Hall–Kier alpha value is 0.390. The molecule has 0 aromatic rings. The van der Waals surface area contributed by atoms with Crippen LogP contribution in [0.2, 0.25) is 0 Å². The predicted molar refractivity (Wildman–Crippen MR) is 48.0 cm³/mol. The van der Waals surface area contributed by atoms with Crippen molar-refractivity contribution in [1.82, 2.24) is 0 Å². The number of hydrogen-bond donors (Lipinski definition) is 0. The minimum Gasteiger partial charge on any atom is -0.236 e. The van der Waals surface area contributed by atoms with Gasteiger partial charge >= 0.3 is 0 Å². The monoisotopic (exact) mass is 254 g/mol. The molecule has 2 nitrogen and oxygen atoms in total. The summed E-state index contributed by atoms with van der Waals surface area (Å²) in [7, 11) is 0. The second kappa shape index (κ2) is 4.31. The highest BCUT2D eigenvalue weighted by molar-refractivity contribution is 14.1. The number of alkyl halides is 1. The zero-order valence-electron chi connectivity index (χ0n) is 5.75. The second-order valence-electron chi connectivity index (χ2n) is 2.36. The third-order valence-electron chi connectivity index (χ3n) is 1.62. The van der Waals surface area contributed by atoms with Crippen molar-refractivity contribution < 1.29 is 9.78 Å². The minimum absolute atomic E-state index is 0.276. The summed E-state index contributed by atoms with van der Waals surface area (Å²) >= 11 is 2.31. The van der Waals surface area contributed by atoms with Gasteiger partial charge in [-0.1, -0.05) is 28.7 Å². The summed E-state index contributed by atoms with van der Waals surface area (Å²) in [6.07, 6.45) is 3.19. The van der Waals surface area contributed by atoms with Crippen LogP contribution in [0.4, 0.5) is 0 Å². The molecule has 1 rings (SSSR count). The standard InChI is InChI=1S/C7H11IO2/c1-2-3-6-5-9-10-7(6)4-8/h2,6-7H,1,3-5H2/t6-,7+/m1/s1. The van der Waals surface area contributed by atoms with Crippen LogP contribution >= 0.6 is 22.6 Å². The molecule has 0 saturated carbocycles. The predicted octanol–water partition coefficient (Wildman–Crippen LogP) is 1.94. The molecule has 0 amide bonds. The molecule has 0 radical (unpaired) electrons. The molecule has 0 spiro atoms. The average Bonchev–Trinajstić information content (AvgIpc) is 2.36. The van der Waals surface area contributed by atoms with E-state index in [9.17, 15) is 0 Å². The van der Waals surface area contributed by atoms with Gasteiger partial charge in [-0.05, 0) is 6.42 Å². The van der Waals surface area contributed by atoms with E-state index in [4.69, 9.17) is 9.78 Å². The topological polar surface area (TPSA) is 18.5 Å². The normalized spacial score (nSPS) is 32.5. The third-order valence-corrected chi connectivity index (χ3v) is 2.49. The quantitative estimate of drug-likeness (QED) is 0.331. The van der Waals surface area contributed by atoms with Crippen molar-refractivity contribution in [3.05, 3.63) is 12.7 Å². The van der Waals surface area contributed by atoms with Gasteiger partial charge in [0, 0.05) is 10.3 Å². The Kier molecular flexibility index (Phi) is 3.65. The SMILES string of the molecule is C=CC[C@@H]1COO[C@H]1CI. The van der Waals surface area contributed by atoms with Crippen molar-refractivity contribution in [2.24, 2.45) is 5.92 Å². The van der Waals surface area contributed by atoms with Gasteiger partial charge in [0.2, 0.25) is 0 Å². The molecule has 0 N–H and O–H groups in total. The van der Waals surface area contributed by atoms with Gasteiger partial charge in [-0.15, -0.1) is 6.58 Å². The van der Waals surface area contributed by atoms with E-state index in [1.807, 2.05) is 6.08 Å². The van der Waals surface area contributed by atoms with E-state index in [1.54, 1.807) is 0 Å². The van der Waals surface area contributed by atoms with E-state index in [0.29, 0.717) is 5.92 Å². The second-order valence-corrected chi connectivity index (χ2v) is 3.24. The van der Waals surface area contributed by atoms with Crippen LogP contribution in [0.5, 0.6) is 0 Å². The Morgan fingerprint density at radius 3 is 3.10 bits per heavy atom. The molecule has 10 heavy (non-hydrogen) atoms. The Labute approximate surface area is 74.7 Å². The van der Waals surface area contributed by atoms with Crippen molar-refractivity contribution in [1.29, 1.82) is 0 Å². The lowest BCUT2D eigenvalue weighted by molar-refractivity contribution is -0.269. The van der Waals surface area contributed by atoms with E-state index in [0.717, 1.165) is 17.5 Å². The van der Waals surface area contributed by atoms with Crippen LogP contribution < -0.4 is 0 Å². The first-order chi connectivity index (χ1) is 4.88. The molecule has 58 valence electrons. The molecule has 0 bridgehead atoms. The molecule has 2 atom stereocenters. The van der Waals surface area contributed by atoms with Crippen molar-refractivity contribution >= 4 is 22.6 Å². The first-order valence-corrected chi connectivity index (χ1v) is 4.86. The largest absolute Gasteiger partial charge is 0.236 e. The van der Waals surface area contributed by atoms with Gasteiger partial charge in [0.15, 0.2) is 0 Å². The smallest absolute Gasteiger partial charge is 0.107 e. The number of rotatable bonds is 3. The highest BCUT2D eigenvalue weighted by atomic mass is 127. The van der Waals surface area contributed by atoms with Gasteiger partial charge in [0.05, 0.1) is 6.61 Å². The van der Waals surface area contributed by atoms with Gasteiger partial charge in [0.25, 0.3) is 0 Å². The maximum Gasteiger partial charge on any atom is 0.107 e. The van der Waals surface area contributed by atoms with E-state index in [-0.39, 0.29) is 6.10 Å². The summed E-state index contributed by atoms with van der Waals surface area (Å²) in [6.45, 7) is 4.40. The Balaban J connectivity index is 2.34. The van der Waals surface area contributed by atoms with E-state index < -0.39 is 0 Å². The summed E-state index contributed by atoms with van der Waals surface area (Å²) in [4.78, 5) is 9.87. The maximum absolute atomic E-state index is 5.01. The van der Waals surface area contributed by atoms with Crippen LogP contribution in [0.15, 0.2) is 12.7 Å². The first kappa shape index (κ1) is 8.49. The van der Waals surface area contributed by atoms with E-state index in [1.165, 1.54) is 0 Å². The molecule has 0 aromatic carbocycles. The lowest BCUT2D eigenvalue weighted by atomic mass is 10.0. The average molecular weight is 254 g/mol. The minimum atomic E-state index is 0.276. The van der Waals surface area contributed by atoms with Crippen LogP contribution in [0.3, 0.4) is 0 Å². The zero-order chi connectivity index (χ0) is 7.40. The van der Waals surface area contributed by atoms with Gasteiger partial charge in [-0.25, -0.2) is 9.78 Å². The zero-order valence-corrected chi connectivity index (χ0v) is 7.91. The van der Waals surface area contributed by atoms with Gasteiger partial charge in [-0.2, -0.15) is 0 Å². The van der Waals surface area contributed by atoms with E-state index >= 15 is 0 Å². The van der Waals surface area contributed by atoms with Gasteiger partial charge in [-0.3, -0.25) is 0 Å². The fourth-order valence-electron chi connectivity index (χ4n) is 0.986. The van der Waals surface area contributed by atoms with Crippen molar-refractivity contribution in [3.8, 4) is 0 Å². The van der Waals surface area contributed by atoms with Crippen LogP contribution in [-0.4, -0.2) is 17.1 Å². The molecule has 1 heterocycles. The molecule has 0 aliphatic carbocycles. The third kappa shape index (κ3) is 1.93. The van der Waals surface area contributed by atoms with Crippen molar-refractivity contribution in [2.75, 3.05) is 11.0 Å². The Morgan fingerprint density at radius 2 is 2.50 bits per heavy atom. The summed E-state index contributed by atoms with van der Waals surface area (Å²) in [6, 6.07) is 0. The van der Waals surface area contributed by atoms with Crippen molar-refractivity contribution in [3.63, 3.8) is 0 Å². The fourth-order valence-corrected chi connectivity index (χ4v) is 1.85. The number of allylic oxidation sites excluding steroid dienone is 1. The first-order valence-electron chi connectivity index (χ1n) is 3.33. The highest BCUT2D eigenvalue weighted by Crippen LogP contribution is 2.22. The lowest BCUT2D eigenvalue weighted by Gasteiger charge is -2.09. The lowest BCUT2D eigenvalue weighted by Crippen LogP contribution is -2.17. The van der Waals surface area contributed by atoms with Gasteiger partial charge in [0.1, 0.15) is 6.10 Å². The Bertz CT molecular complexity index is 116. The maximum atomic E-state index is 5.01. The number of hydrogen-bond acceptors (Lipinski definition) is 2. The van der Waals surface area contributed by atoms with Crippen molar-refractivity contribution in [2.45, 2.75) is 12.5 Å². The molecular formula is C7H11IO2. The molecule has 1 aliphatic heterocycles. The highest BCUT2D eigenvalue weighted by Gasteiger charge is 2.27. The summed E-state index contributed by atoms with van der Waals surface area (Å²) < 4.78 is 0.996. The van der Waals surface area contributed by atoms with Crippen LogP contribution in [0, 0.1) is 5.92 Å². The Morgan fingerprint density at radius 1 is 1.70 bits per heavy atom. The van der Waals surface area contributed by atoms with Crippen LogP contribution in [0.1, 0.15) is 6.42 Å². The molecule has 0 aromatic heterocycles. The molecule has 1 aliphatic rings. The number of halogens is 1. The summed E-state index contributed by atoms with van der Waals surface area (Å²) in [5, 5.41) is 0. The van der Waals surface area contributed by atoms with E-state index in [2.05, 4.69) is 29.2 Å². The molecule has 1 saturated heterocycles. The summed E-state index contributed by atoms with van der Waals surface area (Å²) in [5.41, 5.74) is 0. The summed E-state index contributed by atoms with van der Waals surface area (Å²) in [5.74, 6) is 0.523. The molecule has 1 fully saturated rings.